The molecule has 1 aromatic heterocycles. The zero-order valence-corrected chi connectivity index (χ0v) is 15.2. The predicted octanol–water partition coefficient (Wildman–Crippen LogP) is 4.48. The Morgan fingerprint density at radius 2 is 1.71 bits per heavy atom. The van der Waals surface area contributed by atoms with Gasteiger partial charge in [0.25, 0.3) is 0 Å². The summed E-state index contributed by atoms with van der Waals surface area (Å²) in [7, 11) is 0. The number of benzene rings is 3. The summed E-state index contributed by atoms with van der Waals surface area (Å²) in [4.78, 5) is 14.6. The minimum absolute atomic E-state index is 0.229. The van der Waals surface area contributed by atoms with Crippen LogP contribution in [0.25, 0.3) is 21.7 Å². The standard InChI is InChI=1S/C23H18FNO3/c24-16-7-5-15(6-8-16)11-12-25-13-20-21(27-14-25)10-9-18-17-3-1-2-4-19(17)23(26)28-22(18)20/h1-10H,11-14H2. The zero-order valence-electron chi connectivity index (χ0n) is 15.2. The fraction of sp³-hybridized carbons (Fsp3) is 0.174. The predicted molar refractivity (Wildman–Crippen MR) is 106 cm³/mol. The molecule has 1 aliphatic heterocycles. The number of hydrogen-bond acceptors (Lipinski definition) is 4. The highest BCUT2D eigenvalue weighted by Gasteiger charge is 2.22. The lowest BCUT2D eigenvalue weighted by Gasteiger charge is -2.29. The molecule has 5 heteroatoms. The van der Waals surface area contributed by atoms with E-state index in [-0.39, 0.29) is 11.4 Å². The summed E-state index contributed by atoms with van der Waals surface area (Å²) in [6.45, 7) is 1.87. The molecule has 0 atom stereocenters. The molecule has 5 rings (SSSR count). The van der Waals surface area contributed by atoms with Crippen LogP contribution in [0, 0.1) is 5.82 Å². The van der Waals surface area contributed by atoms with E-state index in [4.69, 9.17) is 9.15 Å². The second-order valence-electron chi connectivity index (χ2n) is 7.06. The first-order chi connectivity index (χ1) is 13.7. The fourth-order valence-electron chi connectivity index (χ4n) is 3.78. The maximum atomic E-state index is 13.1. The van der Waals surface area contributed by atoms with Crippen LogP contribution >= 0.6 is 0 Å². The average molecular weight is 375 g/mol. The van der Waals surface area contributed by atoms with E-state index in [1.165, 1.54) is 12.1 Å². The fourth-order valence-corrected chi connectivity index (χ4v) is 3.78. The lowest BCUT2D eigenvalue weighted by atomic mass is 10.0. The third kappa shape index (κ3) is 2.94. The van der Waals surface area contributed by atoms with E-state index in [0.717, 1.165) is 40.6 Å². The number of halogens is 1. The van der Waals surface area contributed by atoms with E-state index in [0.29, 0.717) is 24.2 Å². The van der Waals surface area contributed by atoms with Crippen molar-refractivity contribution in [2.24, 2.45) is 0 Å². The second kappa shape index (κ2) is 6.77. The Morgan fingerprint density at radius 1 is 0.929 bits per heavy atom. The van der Waals surface area contributed by atoms with Gasteiger partial charge in [-0.3, -0.25) is 4.90 Å². The zero-order chi connectivity index (χ0) is 19.1. The van der Waals surface area contributed by atoms with E-state index >= 15 is 0 Å². The van der Waals surface area contributed by atoms with Gasteiger partial charge >= 0.3 is 5.63 Å². The van der Waals surface area contributed by atoms with E-state index < -0.39 is 0 Å². The van der Waals surface area contributed by atoms with Gasteiger partial charge in [-0.2, -0.15) is 0 Å². The van der Waals surface area contributed by atoms with Crippen LogP contribution in [-0.2, 0) is 13.0 Å². The smallest absolute Gasteiger partial charge is 0.344 e. The first-order valence-corrected chi connectivity index (χ1v) is 9.26. The third-order valence-electron chi connectivity index (χ3n) is 5.26. The molecule has 0 radical (unpaired) electrons. The molecule has 3 aromatic carbocycles. The highest BCUT2D eigenvalue weighted by atomic mass is 19.1. The van der Waals surface area contributed by atoms with E-state index in [1.54, 1.807) is 18.2 Å². The summed E-state index contributed by atoms with van der Waals surface area (Å²) >= 11 is 0. The Morgan fingerprint density at radius 3 is 2.54 bits per heavy atom. The minimum atomic E-state index is -0.333. The quantitative estimate of drug-likeness (QED) is 0.391. The molecule has 0 saturated carbocycles. The van der Waals surface area contributed by atoms with Crippen LogP contribution in [0.5, 0.6) is 5.75 Å². The van der Waals surface area contributed by atoms with Crippen LogP contribution in [-0.4, -0.2) is 18.2 Å². The molecule has 2 heterocycles. The highest BCUT2D eigenvalue weighted by molar-refractivity contribution is 6.05. The van der Waals surface area contributed by atoms with Crippen LogP contribution < -0.4 is 10.4 Å². The van der Waals surface area contributed by atoms with Gasteiger partial charge in [0.2, 0.25) is 0 Å². The number of fused-ring (bicyclic) bond motifs is 5. The molecule has 0 spiro atoms. The first kappa shape index (κ1) is 17.0. The van der Waals surface area contributed by atoms with Crippen molar-refractivity contribution >= 4 is 21.7 Å². The molecule has 4 aromatic rings. The Labute approximate surface area is 160 Å². The van der Waals surface area contributed by atoms with Crippen molar-refractivity contribution in [2.75, 3.05) is 13.3 Å². The van der Waals surface area contributed by atoms with Crippen molar-refractivity contribution in [1.82, 2.24) is 4.90 Å². The van der Waals surface area contributed by atoms with Gasteiger partial charge in [-0.25, -0.2) is 9.18 Å². The molecule has 140 valence electrons. The van der Waals surface area contributed by atoms with Gasteiger partial charge < -0.3 is 9.15 Å². The van der Waals surface area contributed by atoms with E-state index in [9.17, 15) is 9.18 Å². The van der Waals surface area contributed by atoms with Crippen LogP contribution in [0.15, 0.2) is 69.9 Å². The SMILES string of the molecule is O=c1oc2c3c(ccc2c2ccccc12)OCN(CCc1ccc(F)cc1)C3. The highest BCUT2D eigenvalue weighted by Crippen LogP contribution is 2.34. The normalized spacial score (nSPS) is 14.2. The number of hydrogen-bond donors (Lipinski definition) is 0. The summed E-state index contributed by atoms with van der Waals surface area (Å²) in [6.07, 6.45) is 0.788. The molecule has 0 amide bonds. The van der Waals surface area contributed by atoms with Crippen molar-refractivity contribution in [2.45, 2.75) is 13.0 Å². The van der Waals surface area contributed by atoms with Gasteiger partial charge in [0.15, 0.2) is 0 Å². The van der Waals surface area contributed by atoms with Crippen molar-refractivity contribution in [3.8, 4) is 5.75 Å². The van der Waals surface area contributed by atoms with Crippen LogP contribution in [0.1, 0.15) is 11.1 Å². The summed E-state index contributed by atoms with van der Waals surface area (Å²) in [5.74, 6) is 0.525. The van der Waals surface area contributed by atoms with E-state index in [2.05, 4.69) is 4.90 Å². The average Bonchev–Trinajstić information content (AvgIpc) is 2.73. The molecule has 0 aliphatic carbocycles. The molecule has 0 unspecified atom stereocenters. The Bertz CT molecular complexity index is 1230. The first-order valence-electron chi connectivity index (χ1n) is 9.26. The molecule has 0 fully saturated rings. The number of nitrogens with zero attached hydrogens (tertiary/aromatic N) is 1. The van der Waals surface area contributed by atoms with Gasteiger partial charge in [0.1, 0.15) is 23.9 Å². The summed E-state index contributed by atoms with van der Waals surface area (Å²) in [6, 6.07) is 17.9. The van der Waals surface area contributed by atoms with Crippen LogP contribution in [0.4, 0.5) is 4.39 Å². The molecule has 0 N–H and O–H groups in total. The molecule has 0 bridgehead atoms. The van der Waals surface area contributed by atoms with Crippen LogP contribution in [0.2, 0.25) is 0 Å². The monoisotopic (exact) mass is 375 g/mol. The van der Waals surface area contributed by atoms with Crippen molar-refractivity contribution < 1.29 is 13.5 Å². The Kier molecular flexibility index (Phi) is 4.10. The van der Waals surface area contributed by atoms with Crippen molar-refractivity contribution in [3.05, 3.63) is 88.0 Å². The topological polar surface area (TPSA) is 42.7 Å². The lowest BCUT2D eigenvalue weighted by molar-refractivity contribution is 0.0968. The second-order valence-corrected chi connectivity index (χ2v) is 7.06. The van der Waals surface area contributed by atoms with Crippen molar-refractivity contribution in [3.63, 3.8) is 0 Å². The van der Waals surface area contributed by atoms with E-state index in [1.807, 2.05) is 30.3 Å². The summed E-state index contributed by atoms with van der Waals surface area (Å²) < 4.78 is 24.7. The molecule has 0 saturated heterocycles. The molecule has 28 heavy (non-hydrogen) atoms. The summed E-state index contributed by atoms with van der Waals surface area (Å²) in [5.41, 5.74) is 2.22. The molecule has 4 nitrogen and oxygen atoms in total. The molecule has 1 aliphatic rings. The largest absolute Gasteiger partial charge is 0.478 e. The Hall–Kier alpha value is -3.18. The van der Waals surface area contributed by atoms with Gasteiger partial charge in [0, 0.05) is 18.5 Å². The Balaban J connectivity index is 1.48. The minimum Gasteiger partial charge on any atom is -0.478 e. The number of rotatable bonds is 3. The van der Waals surface area contributed by atoms with Gasteiger partial charge in [-0.15, -0.1) is 0 Å². The summed E-state index contributed by atoms with van der Waals surface area (Å²) in [5, 5.41) is 2.39. The maximum Gasteiger partial charge on any atom is 0.344 e. The maximum absolute atomic E-state index is 13.1. The molecular formula is C23H18FNO3. The van der Waals surface area contributed by atoms with Gasteiger partial charge in [-0.05, 0) is 47.7 Å². The van der Waals surface area contributed by atoms with Crippen molar-refractivity contribution in [1.29, 1.82) is 0 Å². The lowest BCUT2D eigenvalue weighted by Crippen LogP contribution is -2.33. The van der Waals surface area contributed by atoms with Gasteiger partial charge in [-0.1, -0.05) is 30.3 Å². The number of ether oxygens (including phenoxy) is 1. The third-order valence-corrected chi connectivity index (χ3v) is 5.26. The van der Waals surface area contributed by atoms with Gasteiger partial charge in [0.05, 0.1) is 10.9 Å². The van der Waals surface area contributed by atoms with Crippen LogP contribution in [0.3, 0.4) is 0 Å². The molecular weight excluding hydrogens is 357 g/mol.